The summed E-state index contributed by atoms with van der Waals surface area (Å²) in [7, 11) is 0. The molecule has 1 saturated heterocycles. The monoisotopic (exact) mass is 387 g/mol. The molecule has 0 bridgehead atoms. The Bertz CT molecular complexity index is 1010. The van der Waals surface area contributed by atoms with Crippen molar-refractivity contribution in [3.05, 3.63) is 71.7 Å². The number of rotatable bonds is 5. The molecule has 5 heteroatoms. The van der Waals surface area contributed by atoms with E-state index in [1.165, 1.54) is 10.5 Å². The normalized spacial score (nSPS) is 21.4. The lowest BCUT2D eigenvalue weighted by atomic mass is 9.89. The van der Waals surface area contributed by atoms with E-state index >= 15 is 0 Å². The smallest absolute Gasteiger partial charge is 0.172 e. The molecule has 2 heterocycles. The Morgan fingerprint density at radius 2 is 1.86 bits per heavy atom. The zero-order chi connectivity index (χ0) is 20.2. The lowest BCUT2D eigenvalue weighted by Crippen LogP contribution is -3.16. The van der Waals surface area contributed by atoms with Gasteiger partial charge in [-0.25, -0.2) is 4.98 Å². The van der Waals surface area contributed by atoms with Gasteiger partial charge in [0, 0.05) is 0 Å². The van der Waals surface area contributed by atoms with Gasteiger partial charge < -0.3 is 15.0 Å². The Morgan fingerprint density at radius 1 is 1.17 bits per heavy atom. The fraction of sp³-hybridized carbons (Fsp3) is 0.333. The predicted molar refractivity (Wildman–Crippen MR) is 114 cm³/mol. The van der Waals surface area contributed by atoms with E-state index in [1.807, 2.05) is 31.2 Å². The maximum absolute atomic E-state index is 10.9. The van der Waals surface area contributed by atoms with Gasteiger partial charge in [-0.3, -0.25) is 0 Å². The quantitative estimate of drug-likeness (QED) is 0.464. The highest BCUT2D eigenvalue weighted by Crippen LogP contribution is 2.21. The third-order valence-corrected chi connectivity index (χ3v) is 6.13. The molecule has 29 heavy (non-hydrogen) atoms. The van der Waals surface area contributed by atoms with E-state index < -0.39 is 0 Å². The first-order valence-electron chi connectivity index (χ1n) is 10.3. The SMILES string of the molecule is C[C@@H](/C(O)=C(\C#N)c1nc2ccccc2[nH]1)[NH+]1CCC(Cc2ccccc2)CC1. The van der Waals surface area contributed by atoms with Gasteiger partial charge in [-0.05, 0) is 49.8 Å². The molecule has 3 N–H and O–H groups in total. The molecular formula is C24H27N4O+. The number of nitrogens with zero attached hydrogens (tertiary/aromatic N) is 2. The molecule has 3 aromatic rings. The second-order valence-corrected chi connectivity index (χ2v) is 7.99. The van der Waals surface area contributed by atoms with Gasteiger partial charge in [-0.2, -0.15) is 5.26 Å². The highest BCUT2D eigenvalue weighted by Gasteiger charge is 2.30. The van der Waals surface area contributed by atoms with E-state index in [0.717, 1.165) is 43.4 Å². The largest absolute Gasteiger partial charge is 0.505 e. The van der Waals surface area contributed by atoms with Crippen LogP contribution in [0.2, 0.25) is 0 Å². The van der Waals surface area contributed by atoms with E-state index in [0.29, 0.717) is 11.7 Å². The molecule has 2 aromatic carbocycles. The molecule has 1 aliphatic heterocycles. The van der Waals surface area contributed by atoms with Crippen molar-refractivity contribution in [1.82, 2.24) is 9.97 Å². The number of aromatic nitrogens is 2. The molecule has 0 saturated carbocycles. The van der Waals surface area contributed by atoms with Crippen molar-refractivity contribution >= 4 is 16.6 Å². The van der Waals surface area contributed by atoms with E-state index in [4.69, 9.17) is 0 Å². The number of H-pyrrole nitrogens is 1. The molecule has 0 spiro atoms. The van der Waals surface area contributed by atoms with Crippen molar-refractivity contribution in [3.8, 4) is 6.07 Å². The van der Waals surface area contributed by atoms with Crippen LogP contribution in [0.25, 0.3) is 16.6 Å². The second kappa shape index (κ2) is 8.50. The standard InChI is InChI=1S/C24H26N4O/c1-17(28-13-11-19(12-14-28)15-18-7-3-2-4-8-18)23(29)20(16-25)24-26-21-9-5-6-10-22(21)27-24/h2-10,17,19,29H,11-15H2,1H3,(H,26,27)/p+1/b23-20-/t17-/m0/s1. The van der Waals surface area contributed by atoms with Gasteiger partial charge in [-0.1, -0.05) is 42.5 Å². The van der Waals surface area contributed by atoms with Crippen LogP contribution in [0.5, 0.6) is 0 Å². The van der Waals surface area contributed by atoms with Crippen molar-refractivity contribution < 1.29 is 10.0 Å². The number of imidazole rings is 1. The third-order valence-electron chi connectivity index (χ3n) is 6.13. The van der Waals surface area contributed by atoms with Crippen LogP contribution in [0.1, 0.15) is 31.2 Å². The highest BCUT2D eigenvalue weighted by molar-refractivity contribution is 5.82. The van der Waals surface area contributed by atoms with Gasteiger partial charge in [0.25, 0.3) is 0 Å². The average molecular weight is 388 g/mol. The Labute approximate surface area is 171 Å². The average Bonchev–Trinajstić information content (AvgIpc) is 3.18. The molecule has 0 radical (unpaired) electrons. The van der Waals surface area contributed by atoms with Gasteiger partial charge in [0.05, 0.1) is 24.1 Å². The number of nitrogens with one attached hydrogen (secondary N) is 2. The van der Waals surface area contributed by atoms with E-state index in [9.17, 15) is 10.4 Å². The van der Waals surface area contributed by atoms with Crippen LogP contribution in [-0.4, -0.2) is 34.2 Å². The lowest BCUT2D eigenvalue weighted by molar-refractivity contribution is -0.925. The van der Waals surface area contributed by atoms with Gasteiger partial charge in [0.1, 0.15) is 17.7 Å². The summed E-state index contributed by atoms with van der Waals surface area (Å²) in [5, 5.41) is 20.6. The van der Waals surface area contributed by atoms with Gasteiger partial charge in [0.15, 0.2) is 11.6 Å². The van der Waals surface area contributed by atoms with E-state index in [2.05, 4.69) is 46.4 Å². The summed E-state index contributed by atoms with van der Waals surface area (Å²) in [5.74, 6) is 1.25. The maximum atomic E-state index is 10.9. The van der Waals surface area contributed by atoms with Crippen molar-refractivity contribution in [2.75, 3.05) is 13.1 Å². The van der Waals surface area contributed by atoms with Crippen molar-refractivity contribution in [3.63, 3.8) is 0 Å². The number of piperidine rings is 1. The summed E-state index contributed by atoms with van der Waals surface area (Å²) >= 11 is 0. The molecule has 0 unspecified atom stereocenters. The molecule has 1 fully saturated rings. The number of quaternary nitrogens is 1. The van der Waals surface area contributed by atoms with Crippen LogP contribution < -0.4 is 4.90 Å². The van der Waals surface area contributed by atoms with Crippen LogP contribution >= 0.6 is 0 Å². The minimum atomic E-state index is -0.129. The molecule has 5 nitrogen and oxygen atoms in total. The summed E-state index contributed by atoms with van der Waals surface area (Å²) in [5.41, 5.74) is 3.30. The van der Waals surface area contributed by atoms with Crippen LogP contribution in [0, 0.1) is 17.2 Å². The van der Waals surface area contributed by atoms with E-state index in [-0.39, 0.29) is 17.4 Å². The zero-order valence-corrected chi connectivity index (χ0v) is 16.7. The second-order valence-electron chi connectivity index (χ2n) is 7.99. The number of aliphatic hydroxyl groups excluding tert-OH is 1. The molecule has 1 atom stereocenters. The predicted octanol–water partition coefficient (Wildman–Crippen LogP) is 3.28. The maximum Gasteiger partial charge on any atom is 0.172 e. The van der Waals surface area contributed by atoms with Crippen LogP contribution in [0.15, 0.2) is 60.4 Å². The fourth-order valence-corrected chi connectivity index (χ4v) is 4.35. The first kappa shape index (κ1) is 19.2. The molecular weight excluding hydrogens is 360 g/mol. The third kappa shape index (κ3) is 4.18. The number of hydrogen-bond donors (Lipinski definition) is 3. The summed E-state index contributed by atoms with van der Waals surface area (Å²) < 4.78 is 0. The van der Waals surface area contributed by atoms with Gasteiger partial charge in [-0.15, -0.1) is 0 Å². The number of para-hydroxylation sites is 2. The van der Waals surface area contributed by atoms with E-state index in [1.54, 1.807) is 0 Å². The molecule has 1 aromatic heterocycles. The van der Waals surface area contributed by atoms with Gasteiger partial charge in [0.2, 0.25) is 0 Å². The number of aromatic amines is 1. The summed E-state index contributed by atoms with van der Waals surface area (Å²) in [6.07, 6.45) is 3.38. The Balaban J connectivity index is 1.45. The number of allylic oxidation sites excluding steroid dienone is 1. The minimum Gasteiger partial charge on any atom is -0.505 e. The summed E-state index contributed by atoms with van der Waals surface area (Å²) in [6, 6.07) is 20.3. The molecule has 0 amide bonds. The number of aliphatic hydroxyl groups is 1. The molecule has 4 rings (SSSR count). The van der Waals surface area contributed by atoms with Crippen molar-refractivity contribution in [1.29, 1.82) is 5.26 Å². The Kier molecular flexibility index (Phi) is 5.64. The zero-order valence-electron chi connectivity index (χ0n) is 16.7. The van der Waals surface area contributed by atoms with Crippen molar-refractivity contribution in [2.45, 2.75) is 32.2 Å². The van der Waals surface area contributed by atoms with Gasteiger partial charge >= 0.3 is 0 Å². The molecule has 1 aliphatic rings. The summed E-state index contributed by atoms with van der Waals surface area (Å²) in [6.45, 7) is 4.01. The van der Waals surface area contributed by atoms with Crippen molar-refractivity contribution in [2.24, 2.45) is 5.92 Å². The number of nitriles is 1. The lowest BCUT2D eigenvalue weighted by Gasteiger charge is -2.33. The van der Waals surface area contributed by atoms with Crippen LogP contribution in [-0.2, 0) is 6.42 Å². The number of benzene rings is 2. The van der Waals surface area contributed by atoms with Crippen LogP contribution in [0.3, 0.4) is 0 Å². The molecule has 148 valence electrons. The number of likely N-dealkylation sites (tertiary alicyclic amines) is 1. The minimum absolute atomic E-state index is 0.128. The summed E-state index contributed by atoms with van der Waals surface area (Å²) in [4.78, 5) is 8.97. The topological polar surface area (TPSA) is 77.1 Å². The fourth-order valence-electron chi connectivity index (χ4n) is 4.35. The van der Waals surface area contributed by atoms with Crippen LogP contribution in [0.4, 0.5) is 0 Å². The Hall–Kier alpha value is -3.10. The first-order valence-corrected chi connectivity index (χ1v) is 10.3. The first-order chi connectivity index (χ1) is 14.2. The number of fused-ring (bicyclic) bond motifs is 1. The molecule has 0 aliphatic carbocycles. The Morgan fingerprint density at radius 3 is 2.55 bits per heavy atom. The highest BCUT2D eigenvalue weighted by atomic mass is 16.3. The number of hydrogen-bond acceptors (Lipinski definition) is 3.